The van der Waals surface area contributed by atoms with Gasteiger partial charge in [0.2, 0.25) is 0 Å². The average molecular weight is 297 g/mol. The lowest BCUT2D eigenvalue weighted by molar-refractivity contribution is -0.150. The molecule has 4 nitrogen and oxygen atoms in total. The molecule has 0 saturated heterocycles. The molecule has 1 aromatic rings. The fraction of sp³-hybridized carbons (Fsp3) is 0.400. The van der Waals surface area contributed by atoms with Crippen molar-refractivity contribution in [3.8, 4) is 18.1 Å². The number of carbonyl (C=O) groups excluding carboxylic acids is 1. The molecule has 0 spiro atoms. The van der Waals surface area contributed by atoms with E-state index in [0.717, 1.165) is 0 Å². The van der Waals surface area contributed by atoms with Crippen LogP contribution in [0, 0.1) is 12.3 Å². The second kappa shape index (κ2) is 7.60. The van der Waals surface area contributed by atoms with Gasteiger partial charge in [0.05, 0.1) is 13.2 Å². The Morgan fingerprint density at radius 3 is 2.81 bits per heavy atom. The second-order valence-corrected chi connectivity index (χ2v) is 4.31. The third kappa shape index (κ3) is 4.43. The summed E-state index contributed by atoms with van der Waals surface area (Å²) in [6, 6.07) is 5.86. The number of ether oxygens (including phenoxy) is 2. The van der Waals surface area contributed by atoms with Gasteiger partial charge in [-0.05, 0) is 31.5 Å². The van der Waals surface area contributed by atoms with E-state index in [1.165, 1.54) is 18.2 Å². The molecule has 0 aliphatic rings. The molecule has 0 heterocycles. The van der Waals surface area contributed by atoms with E-state index < -0.39 is 18.1 Å². The normalized spacial score (nSPS) is 13.3. The Kier molecular flexibility index (Phi) is 6.12. The Hall–Kier alpha value is -2.13. The Balaban J connectivity index is 3.13. The molecule has 0 aromatic heterocycles. The van der Waals surface area contributed by atoms with E-state index in [9.17, 15) is 13.6 Å². The summed E-state index contributed by atoms with van der Waals surface area (Å²) in [6.07, 6.45) is 5.20. The molecule has 0 fully saturated rings. The van der Waals surface area contributed by atoms with Crippen molar-refractivity contribution in [1.82, 2.24) is 5.32 Å². The molecule has 0 aliphatic heterocycles. The number of esters is 1. The summed E-state index contributed by atoms with van der Waals surface area (Å²) in [5, 5.41) is 2.87. The van der Waals surface area contributed by atoms with Crippen LogP contribution in [0.3, 0.4) is 0 Å². The van der Waals surface area contributed by atoms with Crippen molar-refractivity contribution in [1.29, 1.82) is 0 Å². The van der Waals surface area contributed by atoms with E-state index in [1.807, 2.05) is 0 Å². The molecule has 0 aliphatic carbocycles. The highest BCUT2D eigenvalue weighted by Crippen LogP contribution is 2.26. The smallest absolute Gasteiger partial charge is 0.387 e. The molecule has 21 heavy (non-hydrogen) atoms. The van der Waals surface area contributed by atoms with Crippen molar-refractivity contribution >= 4 is 5.97 Å². The quantitative estimate of drug-likeness (QED) is 0.619. The third-order valence-corrected chi connectivity index (χ3v) is 2.86. The van der Waals surface area contributed by atoms with Crippen molar-refractivity contribution in [2.45, 2.75) is 26.0 Å². The van der Waals surface area contributed by atoms with Crippen molar-refractivity contribution in [3.63, 3.8) is 0 Å². The van der Waals surface area contributed by atoms with Crippen LogP contribution in [0.4, 0.5) is 8.78 Å². The zero-order chi connectivity index (χ0) is 15.9. The van der Waals surface area contributed by atoms with Crippen LogP contribution < -0.4 is 10.1 Å². The maximum atomic E-state index is 12.3. The topological polar surface area (TPSA) is 47.6 Å². The molecule has 0 bridgehead atoms. The predicted octanol–water partition coefficient (Wildman–Crippen LogP) is 2.29. The van der Waals surface area contributed by atoms with Crippen LogP contribution in [0.5, 0.6) is 5.75 Å². The van der Waals surface area contributed by atoms with Crippen LogP contribution in [0.1, 0.15) is 19.4 Å². The van der Waals surface area contributed by atoms with Crippen molar-refractivity contribution in [2.75, 3.05) is 13.2 Å². The molecular formula is C15H17F2NO3. The van der Waals surface area contributed by atoms with Gasteiger partial charge in [-0.15, -0.1) is 6.42 Å². The Labute approximate surface area is 122 Å². The fourth-order valence-corrected chi connectivity index (χ4v) is 1.78. The van der Waals surface area contributed by atoms with Gasteiger partial charge in [0.1, 0.15) is 11.3 Å². The molecule has 1 aromatic carbocycles. The fourth-order valence-electron chi connectivity index (χ4n) is 1.78. The van der Waals surface area contributed by atoms with Crippen LogP contribution in [-0.2, 0) is 15.1 Å². The predicted molar refractivity (Wildman–Crippen MR) is 73.9 cm³/mol. The second-order valence-electron chi connectivity index (χ2n) is 4.31. The van der Waals surface area contributed by atoms with Gasteiger partial charge in [-0.2, -0.15) is 8.78 Å². The monoisotopic (exact) mass is 297 g/mol. The maximum Gasteiger partial charge on any atom is 0.387 e. The van der Waals surface area contributed by atoms with Crippen LogP contribution >= 0.6 is 0 Å². The van der Waals surface area contributed by atoms with Crippen molar-refractivity contribution in [2.24, 2.45) is 0 Å². The maximum absolute atomic E-state index is 12.3. The summed E-state index contributed by atoms with van der Waals surface area (Å²) in [4.78, 5) is 12.2. The molecule has 0 saturated carbocycles. The number of hydrogen-bond donors (Lipinski definition) is 1. The van der Waals surface area contributed by atoms with Gasteiger partial charge in [-0.3, -0.25) is 5.32 Å². The largest absolute Gasteiger partial charge is 0.464 e. The molecule has 114 valence electrons. The summed E-state index contributed by atoms with van der Waals surface area (Å²) < 4.78 is 33.9. The Bertz CT molecular complexity index is 528. The lowest BCUT2D eigenvalue weighted by Crippen LogP contribution is -2.47. The number of terminal acetylenes is 1. The van der Waals surface area contributed by atoms with Gasteiger partial charge < -0.3 is 9.47 Å². The van der Waals surface area contributed by atoms with E-state index in [4.69, 9.17) is 11.2 Å². The number of carbonyl (C=O) groups is 1. The molecule has 1 N–H and O–H groups in total. The van der Waals surface area contributed by atoms with Crippen LogP contribution in [0.2, 0.25) is 0 Å². The van der Waals surface area contributed by atoms with E-state index in [1.54, 1.807) is 19.9 Å². The van der Waals surface area contributed by atoms with Crippen molar-refractivity contribution in [3.05, 3.63) is 29.8 Å². The van der Waals surface area contributed by atoms with Crippen LogP contribution in [0.15, 0.2) is 24.3 Å². The highest BCUT2D eigenvalue weighted by atomic mass is 19.3. The van der Waals surface area contributed by atoms with E-state index in [-0.39, 0.29) is 18.9 Å². The highest BCUT2D eigenvalue weighted by Gasteiger charge is 2.36. The minimum absolute atomic E-state index is 0.0412. The van der Waals surface area contributed by atoms with Crippen LogP contribution in [-0.4, -0.2) is 25.7 Å². The third-order valence-electron chi connectivity index (χ3n) is 2.86. The van der Waals surface area contributed by atoms with Gasteiger partial charge in [0.15, 0.2) is 0 Å². The zero-order valence-electron chi connectivity index (χ0n) is 11.9. The van der Waals surface area contributed by atoms with E-state index in [2.05, 4.69) is 16.0 Å². The summed E-state index contributed by atoms with van der Waals surface area (Å²) in [5.74, 6) is 1.78. The van der Waals surface area contributed by atoms with Gasteiger partial charge in [0, 0.05) is 0 Å². The lowest BCUT2D eigenvalue weighted by Gasteiger charge is -2.28. The zero-order valence-corrected chi connectivity index (χ0v) is 11.9. The molecule has 0 radical (unpaired) electrons. The minimum atomic E-state index is -2.94. The van der Waals surface area contributed by atoms with Crippen molar-refractivity contribution < 1.29 is 23.0 Å². The number of benzene rings is 1. The molecule has 1 atom stereocenters. The standard InChI is InChI=1S/C15H17F2NO3/c1-4-9-18-15(3,13(19)20-5-2)11-7-6-8-12(10-11)21-14(16)17/h1,6-8,10,14,18H,5,9H2,2-3H3. The lowest BCUT2D eigenvalue weighted by atomic mass is 9.91. The van der Waals surface area contributed by atoms with Gasteiger partial charge in [-0.1, -0.05) is 18.1 Å². The van der Waals surface area contributed by atoms with Crippen LogP contribution in [0.25, 0.3) is 0 Å². The first-order valence-electron chi connectivity index (χ1n) is 6.35. The number of nitrogens with one attached hydrogen (secondary N) is 1. The molecule has 0 amide bonds. The van der Waals surface area contributed by atoms with Gasteiger partial charge in [0.25, 0.3) is 0 Å². The summed E-state index contributed by atoms with van der Waals surface area (Å²) in [7, 11) is 0. The first-order chi connectivity index (χ1) is 9.93. The van der Waals surface area contributed by atoms with E-state index in [0.29, 0.717) is 5.56 Å². The first kappa shape index (κ1) is 16.9. The first-order valence-corrected chi connectivity index (χ1v) is 6.35. The molecule has 1 rings (SSSR count). The Morgan fingerprint density at radius 2 is 2.24 bits per heavy atom. The number of rotatable bonds is 7. The highest BCUT2D eigenvalue weighted by molar-refractivity contribution is 5.82. The number of hydrogen-bond acceptors (Lipinski definition) is 4. The minimum Gasteiger partial charge on any atom is -0.464 e. The number of alkyl halides is 2. The summed E-state index contributed by atoms with van der Waals surface area (Å²) in [5.41, 5.74) is -0.821. The molecule has 6 heteroatoms. The molecular weight excluding hydrogens is 280 g/mol. The molecule has 1 unspecified atom stereocenters. The van der Waals surface area contributed by atoms with Gasteiger partial charge >= 0.3 is 12.6 Å². The Morgan fingerprint density at radius 1 is 1.52 bits per heavy atom. The number of halogens is 2. The average Bonchev–Trinajstić information content (AvgIpc) is 2.44. The summed E-state index contributed by atoms with van der Waals surface area (Å²) >= 11 is 0. The van der Waals surface area contributed by atoms with Gasteiger partial charge in [-0.25, -0.2) is 4.79 Å². The summed E-state index contributed by atoms with van der Waals surface area (Å²) in [6.45, 7) is 0.627. The van der Waals surface area contributed by atoms with E-state index >= 15 is 0 Å². The SMILES string of the molecule is C#CCNC(C)(C(=O)OCC)c1cccc(OC(F)F)c1.